The normalized spacial score (nSPS) is 23.1. The number of carbonyl (C=O) groups excluding carboxylic acids is 1. The summed E-state index contributed by atoms with van der Waals surface area (Å²) in [5.41, 5.74) is 14.6. The fourth-order valence-electron chi connectivity index (χ4n) is 6.04. The van der Waals surface area contributed by atoms with Gasteiger partial charge in [0.2, 0.25) is 0 Å². The summed E-state index contributed by atoms with van der Waals surface area (Å²) in [6.07, 6.45) is 9.37. The molecular formula is C25H39N5O2. The lowest BCUT2D eigenvalue weighted by Crippen LogP contribution is -2.44. The molecule has 2 fully saturated rings. The lowest BCUT2D eigenvalue weighted by Gasteiger charge is -2.42. The molecule has 1 saturated heterocycles. The molecule has 4 N–H and O–H groups in total. The fourth-order valence-corrected chi connectivity index (χ4v) is 6.04. The van der Waals surface area contributed by atoms with E-state index >= 15 is 0 Å². The van der Waals surface area contributed by atoms with Gasteiger partial charge in [-0.15, -0.1) is 0 Å². The Bertz CT molecular complexity index is 908. The molecule has 0 aromatic carbocycles. The first-order chi connectivity index (χ1) is 15.5. The largest absolute Gasteiger partial charge is 0.449 e. The van der Waals surface area contributed by atoms with Crippen molar-refractivity contribution in [3.8, 4) is 0 Å². The van der Waals surface area contributed by atoms with Crippen molar-refractivity contribution in [1.82, 2.24) is 14.5 Å². The number of likely N-dealkylation sites (tertiary alicyclic amines) is 1. The second-order valence-corrected chi connectivity index (χ2v) is 9.87. The van der Waals surface area contributed by atoms with Crippen LogP contribution in [0.2, 0.25) is 0 Å². The molecule has 1 amide bonds. The topological polar surface area (TPSA) is 99.4 Å². The third-order valence-electron chi connectivity index (χ3n) is 7.83. The molecule has 32 heavy (non-hydrogen) atoms. The molecule has 4 rings (SSSR count). The molecule has 2 aromatic rings. The number of ether oxygens (including phenoxy) is 1. The van der Waals surface area contributed by atoms with E-state index in [-0.39, 0.29) is 6.61 Å². The van der Waals surface area contributed by atoms with Crippen molar-refractivity contribution in [1.29, 1.82) is 0 Å². The summed E-state index contributed by atoms with van der Waals surface area (Å²) in [6.45, 7) is 7.70. The maximum Gasteiger partial charge on any atom is 0.404 e. The lowest BCUT2D eigenvalue weighted by atomic mass is 9.79. The van der Waals surface area contributed by atoms with Crippen LogP contribution in [0.1, 0.15) is 69.7 Å². The van der Waals surface area contributed by atoms with Crippen LogP contribution in [-0.4, -0.2) is 46.3 Å². The number of hydrogen-bond acceptors (Lipinski definition) is 5. The van der Waals surface area contributed by atoms with Crippen molar-refractivity contribution in [3.05, 3.63) is 29.6 Å². The van der Waals surface area contributed by atoms with Gasteiger partial charge >= 0.3 is 6.09 Å². The molecule has 0 atom stereocenters. The number of fused-ring (bicyclic) bond motifs is 1. The number of piperidine rings is 1. The number of carbonyl (C=O) groups is 1. The van der Waals surface area contributed by atoms with Gasteiger partial charge in [0.15, 0.2) is 0 Å². The third-order valence-corrected chi connectivity index (χ3v) is 7.83. The zero-order valence-electron chi connectivity index (χ0n) is 19.6. The van der Waals surface area contributed by atoms with E-state index < -0.39 is 6.09 Å². The molecule has 0 spiro atoms. The number of aromatic nitrogens is 2. The molecule has 2 aromatic heterocycles. The maximum atomic E-state index is 11.1. The van der Waals surface area contributed by atoms with Gasteiger partial charge in [-0.25, -0.2) is 9.78 Å². The van der Waals surface area contributed by atoms with Crippen LogP contribution in [-0.2, 0) is 17.7 Å². The fraction of sp³-hybridized carbons (Fsp3) is 0.680. The first kappa shape index (κ1) is 23.1. The molecule has 176 valence electrons. The number of hydrogen-bond donors (Lipinski definition) is 2. The lowest BCUT2D eigenvalue weighted by molar-refractivity contribution is 0.0886. The highest BCUT2D eigenvalue weighted by molar-refractivity contribution is 5.82. The Morgan fingerprint density at radius 3 is 2.50 bits per heavy atom. The molecule has 3 heterocycles. The van der Waals surface area contributed by atoms with Crippen LogP contribution in [0.3, 0.4) is 0 Å². The van der Waals surface area contributed by atoms with Crippen LogP contribution in [0.5, 0.6) is 0 Å². The highest BCUT2D eigenvalue weighted by atomic mass is 16.5. The molecule has 1 aliphatic heterocycles. The predicted octanol–water partition coefficient (Wildman–Crippen LogP) is 3.98. The molecule has 2 aliphatic rings. The standard InChI is InChI=1S/C25H39N5O2/c1-17(2)18-5-7-19(8-6-18)29-13-9-20(10-14-29)30-23(11-15-32-25(27)31)22(16-26)21-4-3-12-28-24(21)30/h3-4,12,17-20H,5-11,13-16,26H2,1-2H3,(H2,27,31)/t18-,19+. The van der Waals surface area contributed by atoms with E-state index in [2.05, 4.69) is 29.4 Å². The molecule has 1 aliphatic carbocycles. The van der Waals surface area contributed by atoms with Gasteiger partial charge in [-0.05, 0) is 68.1 Å². The van der Waals surface area contributed by atoms with Gasteiger partial charge in [0.25, 0.3) is 0 Å². The van der Waals surface area contributed by atoms with Gasteiger partial charge in [-0.1, -0.05) is 13.8 Å². The smallest absolute Gasteiger partial charge is 0.404 e. The van der Waals surface area contributed by atoms with Gasteiger partial charge in [0, 0.05) is 55.4 Å². The van der Waals surface area contributed by atoms with Crippen molar-refractivity contribution in [2.75, 3.05) is 19.7 Å². The van der Waals surface area contributed by atoms with Crippen LogP contribution in [0.4, 0.5) is 4.79 Å². The summed E-state index contributed by atoms with van der Waals surface area (Å²) < 4.78 is 7.45. The Morgan fingerprint density at radius 2 is 1.88 bits per heavy atom. The number of primary amides is 1. The summed E-state index contributed by atoms with van der Waals surface area (Å²) in [7, 11) is 0. The van der Waals surface area contributed by atoms with Crippen LogP contribution in [0.25, 0.3) is 11.0 Å². The van der Waals surface area contributed by atoms with E-state index in [9.17, 15) is 4.79 Å². The van der Waals surface area contributed by atoms with E-state index in [0.29, 0.717) is 19.0 Å². The number of nitrogens with two attached hydrogens (primary N) is 2. The summed E-state index contributed by atoms with van der Waals surface area (Å²) in [5, 5.41) is 1.11. The first-order valence-corrected chi connectivity index (χ1v) is 12.3. The van der Waals surface area contributed by atoms with Gasteiger partial charge < -0.3 is 25.7 Å². The molecule has 0 unspecified atom stereocenters. The monoisotopic (exact) mass is 441 g/mol. The molecule has 0 radical (unpaired) electrons. The van der Waals surface area contributed by atoms with Crippen LogP contribution >= 0.6 is 0 Å². The Hall–Kier alpha value is -2.12. The first-order valence-electron chi connectivity index (χ1n) is 12.3. The van der Waals surface area contributed by atoms with Crippen molar-refractivity contribution >= 4 is 17.1 Å². The predicted molar refractivity (Wildman–Crippen MR) is 127 cm³/mol. The number of nitrogens with zero attached hydrogens (tertiary/aromatic N) is 3. The van der Waals surface area contributed by atoms with Crippen molar-refractivity contribution in [2.24, 2.45) is 23.3 Å². The Labute approximate surface area is 191 Å². The van der Waals surface area contributed by atoms with E-state index in [1.807, 2.05) is 12.3 Å². The van der Waals surface area contributed by atoms with Crippen molar-refractivity contribution in [2.45, 2.75) is 77.4 Å². The molecule has 7 nitrogen and oxygen atoms in total. The van der Waals surface area contributed by atoms with Gasteiger partial charge in [0.1, 0.15) is 5.65 Å². The second-order valence-electron chi connectivity index (χ2n) is 9.87. The highest BCUT2D eigenvalue weighted by Crippen LogP contribution is 2.37. The average Bonchev–Trinajstić information content (AvgIpc) is 3.12. The Balaban J connectivity index is 1.49. The zero-order chi connectivity index (χ0) is 22.7. The van der Waals surface area contributed by atoms with E-state index in [1.165, 1.54) is 25.7 Å². The van der Waals surface area contributed by atoms with Crippen LogP contribution in [0.15, 0.2) is 18.3 Å². The zero-order valence-corrected chi connectivity index (χ0v) is 19.6. The third kappa shape index (κ3) is 4.79. The van der Waals surface area contributed by atoms with Gasteiger partial charge in [-0.3, -0.25) is 0 Å². The van der Waals surface area contributed by atoms with Crippen LogP contribution < -0.4 is 11.5 Å². The second kappa shape index (κ2) is 10.2. The molecule has 1 saturated carbocycles. The van der Waals surface area contributed by atoms with E-state index in [4.69, 9.17) is 21.2 Å². The maximum absolute atomic E-state index is 11.1. The SMILES string of the molecule is CC(C)[C@H]1CC[C@@H](N2CCC(n3c(CCOC(N)=O)c(CN)c4cccnc43)CC2)CC1. The van der Waals surface area contributed by atoms with Gasteiger partial charge in [0.05, 0.1) is 6.61 Å². The number of rotatable bonds is 7. The summed E-state index contributed by atoms with van der Waals surface area (Å²) >= 11 is 0. The van der Waals surface area contributed by atoms with Crippen molar-refractivity contribution < 1.29 is 9.53 Å². The average molecular weight is 442 g/mol. The minimum absolute atomic E-state index is 0.261. The number of amides is 1. The minimum Gasteiger partial charge on any atom is -0.449 e. The minimum atomic E-state index is -0.736. The van der Waals surface area contributed by atoms with E-state index in [0.717, 1.165) is 66.1 Å². The molecular weight excluding hydrogens is 402 g/mol. The van der Waals surface area contributed by atoms with Crippen LogP contribution in [0, 0.1) is 11.8 Å². The molecule has 7 heteroatoms. The number of pyridine rings is 1. The summed E-state index contributed by atoms with van der Waals surface area (Å²) in [5.74, 6) is 1.71. The highest BCUT2D eigenvalue weighted by Gasteiger charge is 2.32. The Kier molecular flexibility index (Phi) is 7.36. The Morgan fingerprint density at radius 1 is 1.16 bits per heavy atom. The van der Waals surface area contributed by atoms with Gasteiger partial charge in [-0.2, -0.15) is 0 Å². The van der Waals surface area contributed by atoms with Crippen molar-refractivity contribution in [3.63, 3.8) is 0 Å². The quantitative estimate of drug-likeness (QED) is 0.677. The molecule has 0 bridgehead atoms. The summed E-state index contributed by atoms with van der Waals surface area (Å²) in [6, 6.07) is 5.20. The summed E-state index contributed by atoms with van der Waals surface area (Å²) in [4.78, 5) is 18.5. The van der Waals surface area contributed by atoms with E-state index in [1.54, 1.807) is 0 Å².